The summed E-state index contributed by atoms with van der Waals surface area (Å²) in [6.07, 6.45) is 13.6. The summed E-state index contributed by atoms with van der Waals surface area (Å²) in [5.74, 6) is 0. The summed E-state index contributed by atoms with van der Waals surface area (Å²) in [7, 11) is 2.24. The van der Waals surface area contributed by atoms with E-state index in [9.17, 15) is 0 Å². The van der Waals surface area contributed by atoms with Crippen LogP contribution in [-0.4, -0.2) is 18.1 Å². The fourth-order valence-corrected chi connectivity index (χ4v) is 6.11. The molecule has 0 spiro atoms. The molecule has 0 bridgehead atoms. The number of fused-ring (bicyclic) bond motifs is 6. The maximum atomic E-state index is 2.58. The average molecular weight is 337 g/mol. The van der Waals surface area contributed by atoms with Crippen molar-refractivity contribution in [2.45, 2.75) is 71.4 Å². The number of benzene rings is 1. The molecule has 3 aliphatic rings. The van der Waals surface area contributed by atoms with Crippen molar-refractivity contribution in [3.8, 4) is 0 Å². The molecule has 4 rings (SSSR count). The largest absolute Gasteiger partial charge is 0.358 e. The number of hydrogen-bond acceptors (Lipinski definition) is 2. The lowest BCUT2D eigenvalue weighted by Crippen LogP contribution is -2.67. The second-order valence-corrected chi connectivity index (χ2v) is 8.18. The molecule has 0 amide bonds. The van der Waals surface area contributed by atoms with E-state index in [-0.39, 0.29) is 10.8 Å². The molecule has 1 aliphatic carbocycles. The summed E-state index contributed by atoms with van der Waals surface area (Å²) >= 11 is 0. The van der Waals surface area contributed by atoms with Gasteiger partial charge in [0.2, 0.25) is 0 Å². The van der Waals surface area contributed by atoms with Crippen molar-refractivity contribution >= 4 is 5.69 Å². The molecule has 0 N–H and O–H groups in total. The van der Waals surface area contributed by atoms with Gasteiger partial charge in [-0.25, -0.2) is 0 Å². The van der Waals surface area contributed by atoms with Crippen molar-refractivity contribution in [2.75, 3.05) is 11.9 Å². The minimum absolute atomic E-state index is 0.196. The topological polar surface area (TPSA) is 6.48 Å². The van der Waals surface area contributed by atoms with Crippen LogP contribution in [0.25, 0.3) is 0 Å². The van der Waals surface area contributed by atoms with E-state index in [0.717, 1.165) is 0 Å². The molecule has 1 aromatic carbocycles. The third-order valence-corrected chi connectivity index (χ3v) is 7.25. The predicted molar refractivity (Wildman–Crippen MR) is 107 cm³/mol. The Balaban J connectivity index is 1.92. The molecular formula is C23H32N2. The van der Waals surface area contributed by atoms with Crippen LogP contribution in [0.1, 0.15) is 64.5 Å². The molecular weight excluding hydrogens is 304 g/mol. The third-order valence-electron chi connectivity index (χ3n) is 7.25. The van der Waals surface area contributed by atoms with E-state index in [1.54, 1.807) is 11.1 Å². The van der Waals surface area contributed by atoms with Crippen LogP contribution < -0.4 is 4.90 Å². The van der Waals surface area contributed by atoms with E-state index in [4.69, 9.17) is 0 Å². The lowest BCUT2D eigenvalue weighted by Gasteiger charge is -2.66. The maximum Gasteiger partial charge on any atom is 0.115 e. The summed E-state index contributed by atoms with van der Waals surface area (Å²) in [5.41, 5.74) is 6.45. The highest BCUT2D eigenvalue weighted by atomic mass is 15.4. The third kappa shape index (κ3) is 1.86. The number of anilines is 1. The second-order valence-electron chi connectivity index (χ2n) is 8.18. The van der Waals surface area contributed by atoms with Gasteiger partial charge in [0, 0.05) is 36.0 Å². The standard InChI is InChI=1S/C23H32N2/c1-6-9-10-18-11-12-19-20(15-18)25-14-13-24(5)21(25)22(7-2)16-17(4)23(19,22)8-3/h11-16,21H,6-10H2,1-5H3. The Kier molecular flexibility index (Phi) is 3.79. The van der Waals surface area contributed by atoms with Crippen LogP contribution >= 0.6 is 0 Å². The molecule has 25 heavy (non-hydrogen) atoms. The zero-order valence-electron chi connectivity index (χ0n) is 16.5. The normalized spacial score (nSPS) is 32.0. The summed E-state index contributed by atoms with van der Waals surface area (Å²) < 4.78 is 0. The van der Waals surface area contributed by atoms with Crippen molar-refractivity contribution in [2.24, 2.45) is 5.41 Å². The average Bonchev–Trinajstić information content (AvgIpc) is 3.00. The van der Waals surface area contributed by atoms with Gasteiger partial charge in [-0.05, 0) is 49.8 Å². The van der Waals surface area contributed by atoms with E-state index >= 15 is 0 Å². The van der Waals surface area contributed by atoms with E-state index in [1.165, 1.54) is 43.4 Å². The number of unbranched alkanes of at least 4 members (excludes halogenated alkanes) is 1. The molecule has 1 aromatic rings. The van der Waals surface area contributed by atoms with Gasteiger partial charge >= 0.3 is 0 Å². The van der Waals surface area contributed by atoms with Crippen LogP contribution in [-0.2, 0) is 11.8 Å². The minimum Gasteiger partial charge on any atom is -0.358 e. The van der Waals surface area contributed by atoms with Gasteiger partial charge < -0.3 is 9.80 Å². The zero-order valence-corrected chi connectivity index (χ0v) is 16.5. The molecule has 2 heterocycles. The van der Waals surface area contributed by atoms with Gasteiger partial charge in [0.15, 0.2) is 0 Å². The van der Waals surface area contributed by atoms with Gasteiger partial charge in [0.25, 0.3) is 0 Å². The van der Waals surface area contributed by atoms with E-state index in [0.29, 0.717) is 6.17 Å². The quantitative estimate of drug-likeness (QED) is 0.646. The monoisotopic (exact) mass is 336 g/mol. The van der Waals surface area contributed by atoms with Crippen molar-refractivity contribution in [1.82, 2.24) is 4.90 Å². The predicted octanol–water partition coefficient (Wildman–Crippen LogP) is 5.60. The lowest BCUT2D eigenvalue weighted by atomic mass is 9.43. The van der Waals surface area contributed by atoms with E-state index in [2.05, 4.69) is 81.2 Å². The van der Waals surface area contributed by atoms with Crippen molar-refractivity contribution in [1.29, 1.82) is 0 Å². The van der Waals surface area contributed by atoms with Crippen LogP contribution in [0, 0.1) is 5.41 Å². The summed E-state index contributed by atoms with van der Waals surface area (Å²) in [5, 5.41) is 0. The first-order chi connectivity index (χ1) is 12.1. The van der Waals surface area contributed by atoms with Gasteiger partial charge in [0.1, 0.15) is 6.17 Å². The van der Waals surface area contributed by atoms with E-state index < -0.39 is 0 Å². The first-order valence-electron chi connectivity index (χ1n) is 10.1. The van der Waals surface area contributed by atoms with E-state index in [1.807, 2.05) is 0 Å². The van der Waals surface area contributed by atoms with Crippen LogP contribution in [0.4, 0.5) is 5.69 Å². The molecule has 2 nitrogen and oxygen atoms in total. The Labute approximate surface area is 153 Å². The SMILES string of the molecule is CCCCc1ccc2c(c1)N1C=CN(C)C1C1(CC)C=C(C)C21CC. The highest BCUT2D eigenvalue weighted by Crippen LogP contribution is 2.68. The molecule has 0 radical (unpaired) electrons. The van der Waals surface area contributed by atoms with Crippen LogP contribution in [0.5, 0.6) is 0 Å². The van der Waals surface area contributed by atoms with Crippen LogP contribution in [0.3, 0.4) is 0 Å². The van der Waals surface area contributed by atoms with Crippen molar-refractivity contribution < 1.29 is 0 Å². The molecule has 0 saturated carbocycles. The maximum absolute atomic E-state index is 2.58. The highest BCUT2D eigenvalue weighted by Gasteiger charge is 2.66. The number of nitrogens with zero attached hydrogens (tertiary/aromatic N) is 2. The molecule has 2 aliphatic heterocycles. The number of rotatable bonds is 5. The Bertz CT molecular complexity index is 746. The number of hydrogen-bond donors (Lipinski definition) is 0. The molecule has 0 aromatic heterocycles. The van der Waals surface area contributed by atoms with Crippen LogP contribution in [0.15, 0.2) is 42.2 Å². The Morgan fingerprint density at radius 1 is 1.08 bits per heavy atom. The van der Waals surface area contributed by atoms with Gasteiger partial charge in [-0.15, -0.1) is 0 Å². The summed E-state index contributed by atoms with van der Waals surface area (Å²) in [6, 6.07) is 7.32. The Hall–Kier alpha value is -1.70. The highest BCUT2D eigenvalue weighted by molar-refractivity contribution is 5.71. The molecule has 0 fully saturated rings. The number of aryl methyl sites for hydroxylation is 1. The lowest BCUT2D eigenvalue weighted by molar-refractivity contribution is 0.0490. The fourth-order valence-electron chi connectivity index (χ4n) is 6.11. The minimum atomic E-state index is 0.196. The first kappa shape index (κ1) is 16.8. The van der Waals surface area contributed by atoms with Gasteiger partial charge in [-0.2, -0.15) is 0 Å². The molecule has 2 heteroatoms. The van der Waals surface area contributed by atoms with Gasteiger partial charge in [-0.1, -0.05) is 51.0 Å². The van der Waals surface area contributed by atoms with Gasteiger partial charge in [-0.3, -0.25) is 0 Å². The fraction of sp³-hybridized carbons (Fsp3) is 0.565. The second kappa shape index (κ2) is 5.65. The summed E-state index contributed by atoms with van der Waals surface area (Å²) in [6.45, 7) is 9.38. The molecule has 3 unspecified atom stereocenters. The van der Waals surface area contributed by atoms with Gasteiger partial charge in [0.05, 0.1) is 0 Å². The van der Waals surface area contributed by atoms with Crippen molar-refractivity contribution in [3.05, 3.63) is 53.4 Å². The van der Waals surface area contributed by atoms with Crippen molar-refractivity contribution in [3.63, 3.8) is 0 Å². The Morgan fingerprint density at radius 3 is 2.52 bits per heavy atom. The number of allylic oxidation sites excluding steroid dienone is 1. The summed E-state index contributed by atoms with van der Waals surface area (Å²) in [4.78, 5) is 4.98. The molecule has 0 saturated heterocycles. The Morgan fingerprint density at radius 2 is 1.88 bits per heavy atom. The first-order valence-corrected chi connectivity index (χ1v) is 10.1. The van der Waals surface area contributed by atoms with Crippen LogP contribution in [0.2, 0.25) is 0 Å². The molecule has 3 atom stereocenters. The smallest absolute Gasteiger partial charge is 0.115 e. The molecule has 134 valence electrons. The zero-order chi connectivity index (χ0) is 17.8.